The fourth-order valence-corrected chi connectivity index (χ4v) is 3.19. The Balaban J connectivity index is 2.84. The first kappa shape index (κ1) is 22.9. The molecule has 3 N–H and O–H groups in total. The van der Waals surface area contributed by atoms with E-state index in [-0.39, 0.29) is 6.42 Å². The Bertz CT molecular complexity index is 571. The lowest BCUT2D eigenvalue weighted by atomic mass is 9.94. The van der Waals surface area contributed by atoms with Crippen LogP contribution in [0.1, 0.15) is 53.0 Å². The summed E-state index contributed by atoms with van der Waals surface area (Å²) in [5.41, 5.74) is 0.352. The Morgan fingerprint density at radius 3 is 2.42 bits per heavy atom. The number of benzene rings is 1. The van der Waals surface area contributed by atoms with Crippen molar-refractivity contribution in [3.05, 3.63) is 34.3 Å². The van der Waals surface area contributed by atoms with E-state index in [4.69, 9.17) is 4.74 Å². The molecule has 0 aliphatic heterocycles. The molecule has 0 unspecified atom stereocenters. The van der Waals surface area contributed by atoms with Crippen molar-refractivity contribution < 1.29 is 19.7 Å². The molecular weight excluding hydrogens is 398 g/mol. The quantitative estimate of drug-likeness (QED) is 0.582. The van der Waals surface area contributed by atoms with Crippen LogP contribution in [0.4, 0.5) is 4.79 Å². The van der Waals surface area contributed by atoms with Gasteiger partial charge in [0.1, 0.15) is 5.60 Å². The van der Waals surface area contributed by atoms with E-state index in [2.05, 4.69) is 21.2 Å². The predicted octanol–water partition coefficient (Wildman–Crippen LogP) is 4.04. The van der Waals surface area contributed by atoms with Crippen LogP contribution >= 0.6 is 15.9 Å². The van der Waals surface area contributed by atoms with E-state index in [1.54, 1.807) is 20.8 Å². The molecule has 1 amide bonds. The van der Waals surface area contributed by atoms with Crippen LogP contribution in [0.2, 0.25) is 0 Å². The van der Waals surface area contributed by atoms with Gasteiger partial charge in [-0.2, -0.15) is 0 Å². The van der Waals surface area contributed by atoms with Gasteiger partial charge >= 0.3 is 6.09 Å². The number of rotatable bonds is 8. The summed E-state index contributed by atoms with van der Waals surface area (Å²) in [6.45, 7) is 9.41. The molecule has 6 heteroatoms. The molecule has 1 aromatic rings. The molecule has 0 saturated carbocycles. The minimum atomic E-state index is -0.879. The SMILES string of the molecule is CC(C)C[C@@H](O)C[C@@H](O)[C@H](Cc1cccc(Br)c1)NC(=O)OC(C)(C)C. The van der Waals surface area contributed by atoms with Crippen molar-refractivity contribution in [2.75, 3.05) is 0 Å². The van der Waals surface area contributed by atoms with E-state index in [1.165, 1.54) is 0 Å². The summed E-state index contributed by atoms with van der Waals surface area (Å²) in [5.74, 6) is 0.333. The lowest BCUT2D eigenvalue weighted by molar-refractivity contribution is 0.0275. The molecule has 148 valence electrons. The van der Waals surface area contributed by atoms with Gasteiger partial charge in [-0.3, -0.25) is 0 Å². The van der Waals surface area contributed by atoms with Crippen LogP contribution in [-0.2, 0) is 11.2 Å². The van der Waals surface area contributed by atoms with Crippen LogP contribution in [0.3, 0.4) is 0 Å². The summed E-state index contributed by atoms with van der Waals surface area (Å²) in [4.78, 5) is 12.2. The highest BCUT2D eigenvalue weighted by atomic mass is 79.9. The molecule has 1 rings (SSSR count). The van der Waals surface area contributed by atoms with E-state index in [9.17, 15) is 15.0 Å². The molecule has 0 bridgehead atoms. The zero-order valence-corrected chi connectivity index (χ0v) is 17.9. The van der Waals surface area contributed by atoms with Crippen molar-refractivity contribution >= 4 is 22.0 Å². The predicted molar refractivity (Wildman–Crippen MR) is 107 cm³/mol. The van der Waals surface area contributed by atoms with Gasteiger partial charge in [0.05, 0.1) is 18.2 Å². The number of carbonyl (C=O) groups excluding carboxylic acids is 1. The smallest absolute Gasteiger partial charge is 0.407 e. The van der Waals surface area contributed by atoms with Gasteiger partial charge in [0.2, 0.25) is 0 Å². The molecule has 3 atom stereocenters. The Hall–Kier alpha value is -1.11. The Labute approximate surface area is 165 Å². The average Bonchev–Trinajstić information content (AvgIpc) is 2.43. The zero-order chi connectivity index (χ0) is 19.9. The number of halogens is 1. The number of ether oxygens (including phenoxy) is 1. The largest absolute Gasteiger partial charge is 0.444 e. The monoisotopic (exact) mass is 429 g/mol. The molecule has 1 aromatic carbocycles. The summed E-state index contributed by atoms with van der Waals surface area (Å²) in [7, 11) is 0. The van der Waals surface area contributed by atoms with Gasteiger partial charge in [-0.15, -0.1) is 0 Å². The van der Waals surface area contributed by atoms with Crippen LogP contribution in [-0.4, -0.2) is 40.2 Å². The van der Waals surface area contributed by atoms with E-state index in [0.717, 1.165) is 10.0 Å². The molecule has 0 aliphatic rings. The third kappa shape index (κ3) is 9.55. The second-order valence-electron chi connectivity index (χ2n) is 8.17. The summed E-state index contributed by atoms with van der Waals surface area (Å²) in [6, 6.07) is 7.15. The van der Waals surface area contributed by atoms with Crippen molar-refractivity contribution in [1.29, 1.82) is 0 Å². The Morgan fingerprint density at radius 1 is 1.23 bits per heavy atom. The number of hydrogen-bond donors (Lipinski definition) is 3. The summed E-state index contributed by atoms with van der Waals surface area (Å²) in [5, 5.41) is 23.5. The first-order valence-corrected chi connectivity index (χ1v) is 9.85. The Morgan fingerprint density at radius 2 is 1.88 bits per heavy atom. The standard InChI is InChI=1S/C20H32BrNO4/c1-13(2)9-16(23)12-18(24)17(22-19(25)26-20(3,4)5)11-14-7-6-8-15(21)10-14/h6-8,10,13,16-18,23-24H,9,11-12H2,1-5H3,(H,22,25)/t16-,17+,18-/m1/s1. The van der Waals surface area contributed by atoms with Crippen molar-refractivity contribution in [1.82, 2.24) is 5.32 Å². The van der Waals surface area contributed by atoms with Crippen LogP contribution in [0.25, 0.3) is 0 Å². The fraction of sp³-hybridized carbons (Fsp3) is 0.650. The molecule has 0 saturated heterocycles. The molecule has 5 nitrogen and oxygen atoms in total. The van der Waals surface area contributed by atoms with Crippen molar-refractivity contribution in [2.24, 2.45) is 5.92 Å². The minimum absolute atomic E-state index is 0.201. The number of aliphatic hydroxyl groups excluding tert-OH is 2. The van der Waals surface area contributed by atoms with Gasteiger partial charge in [0.25, 0.3) is 0 Å². The second-order valence-corrected chi connectivity index (χ2v) is 9.09. The third-order valence-electron chi connectivity index (χ3n) is 3.77. The zero-order valence-electron chi connectivity index (χ0n) is 16.3. The molecule has 0 spiro atoms. The van der Waals surface area contributed by atoms with Crippen LogP contribution in [0.5, 0.6) is 0 Å². The summed E-state index contributed by atoms with van der Waals surface area (Å²) < 4.78 is 6.25. The van der Waals surface area contributed by atoms with E-state index < -0.39 is 29.9 Å². The van der Waals surface area contributed by atoms with Crippen LogP contribution in [0, 0.1) is 5.92 Å². The maximum atomic E-state index is 12.2. The third-order valence-corrected chi connectivity index (χ3v) is 4.26. The molecule has 0 radical (unpaired) electrons. The first-order chi connectivity index (χ1) is 12.0. The first-order valence-electron chi connectivity index (χ1n) is 9.06. The summed E-state index contributed by atoms with van der Waals surface area (Å²) >= 11 is 3.43. The highest BCUT2D eigenvalue weighted by Gasteiger charge is 2.27. The fourth-order valence-electron chi connectivity index (χ4n) is 2.74. The highest BCUT2D eigenvalue weighted by molar-refractivity contribution is 9.10. The molecular formula is C20H32BrNO4. The van der Waals surface area contributed by atoms with Gasteiger partial charge in [-0.25, -0.2) is 4.79 Å². The minimum Gasteiger partial charge on any atom is -0.444 e. The van der Waals surface area contributed by atoms with Crippen molar-refractivity contribution in [3.63, 3.8) is 0 Å². The Kier molecular flexibility index (Phi) is 9.07. The summed E-state index contributed by atoms with van der Waals surface area (Å²) in [6.07, 6.45) is -0.825. The van der Waals surface area contributed by atoms with E-state index >= 15 is 0 Å². The number of nitrogens with one attached hydrogen (secondary N) is 1. The van der Waals surface area contributed by atoms with Gasteiger partial charge < -0.3 is 20.3 Å². The highest BCUT2D eigenvalue weighted by Crippen LogP contribution is 2.18. The average molecular weight is 430 g/mol. The molecule has 0 aliphatic carbocycles. The number of aliphatic hydroxyl groups is 2. The number of hydrogen-bond acceptors (Lipinski definition) is 4. The van der Waals surface area contributed by atoms with E-state index in [1.807, 2.05) is 38.1 Å². The lowest BCUT2D eigenvalue weighted by Gasteiger charge is -2.28. The number of alkyl carbamates (subject to hydrolysis) is 1. The van der Waals surface area contributed by atoms with Crippen LogP contribution in [0.15, 0.2) is 28.7 Å². The van der Waals surface area contributed by atoms with Gasteiger partial charge in [0, 0.05) is 10.9 Å². The number of amides is 1. The maximum absolute atomic E-state index is 12.2. The maximum Gasteiger partial charge on any atom is 0.407 e. The van der Waals surface area contributed by atoms with Crippen molar-refractivity contribution in [2.45, 2.75) is 77.7 Å². The van der Waals surface area contributed by atoms with E-state index in [0.29, 0.717) is 18.8 Å². The molecule has 26 heavy (non-hydrogen) atoms. The van der Waals surface area contributed by atoms with Crippen LogP contribution < -0.4 is 5.32 Å². The lowest BCUT2D eigenvalue weighted by Crippen LogP contribution is -2.47. The van der Waals surface area contributed by atoms with Crippen molar-refractivity contribution in [3.8, 4) is 0 Å². The number of carbonyl (C=O) groups is 1. The molecule has 0 fully saturated rings. The second kappa shape index (κ2) is 10.3. The van der Waals surface area contributed by atoms with Gasteiger partial charge in [-0.1, -0.05) is 41.9 Å². The van der Waals surface area contributed by atoms with Gasteiger partial charge in [-0.05, 0) is 57.2 Å². The van der Waals surface area contributed by atoms with Gasteiger partial charge in [0.15, 0.2) is 0 Å². The molecule has 0 heterocycles. The topological polar surface area (TPSA) is 78.8 Å². The normalized spacial score (nSPS) is 15.4. The molecule has 0 aromatic heterocycles.